The first-order valence-electron chi connectivity index (χ1n) is 6.12. The second-order valence-electron chi connectivity index (χ2n) is 4.08. The summed E-state index contributed by atoms with van der Waals surface area (Å²) in [4.78, 5) is 12.8. The zero-order valence-corrected chi connectivity index (χ0v) is 12.6. The van der Waals surface area contributed by atoms with Crippen molar-refractivity contribution in [2.75, 3.05) is 26.6 Å². The summed E-state index contributed by atoms with van der Waals surface area (Å²) in [6, 6.07) is 1.62. The lowest BCUT2D eigenvalue weighted by molar-refractivity contribution is 0.0381. The van der Waals surface area contributed by atoms with Crippen molar-refractivity contribution in [3.8, 4) is 5.75 Å². The molecule has 19 heavy (non-hydrogen) atoms. The zero-order chi connectivity index (χ0) is 14.4. The van der Waals surface area contributed by atoms with Crippen LogP contribution in [0.4, 0.5) is 0 Å². The minimum atomic E-state index is -0.506. The number of carbonyl (C=O) groups is 1. The van der Waals surface area contributed by atoms with E-state index in [2.05, 4.69) is 0 Å². The summed E-state index contributed by atoms with van der Waals surface area (Å²) >= 11 is 1.45. The molecule has 0 aliphatic carbocycles. The van der Waals surface area contributed by atoms with Gasteiger partial charge in [0.2, 0.25) is 0 Å². The molecule has 1 aromatic carbocycles. The van der Waals surface area contributed by atoms with E-state index in [1.165, 1.54) is 11.8 Å². The average molecular weight is 284 g/mol. The van der Waals surface area contributed by atoms with E-state index in [1.54, 1.807) is 13.2 Å². The number of aryl methyl sites for hydroxylation is 1. The first kappa shape index (κ1) is 15.9. The van der Waals surface area contributed by atoms with Gasteiger partial charge < -0.3 is 14.6 Å². The predicted octanol–water partition coefficient (Wildman–Crippen LogP) is 2.79. The number of ether oxygens (including phenoxy) is 2. The van der Waals surface area contributed by atoms with Crippen LogP contribution in [0.5, 0.6) is 5.75 Å². The average Bonchev–Trinajstić information content (AvgIpc) is 2.37. The van der Waals surface area contributed by atoms with Gasteiger partial charge in [-0.15, -0.1) is 11.8 Å². The Bertz CT molecular complexity index is 457. The van der Waals surface area contributed by atoms with Gasteiger partial charge in [0.25, 0.3) is 0 Å². The molecule has 0 aromatic heterocycles. The van der Waals surface area contributed by atoms with Crippen LogP contribution in [0.3, 0.4) is 0 Å². The summed E-state index contributed by atoms with van der Waals surface area (Å²) in [5.41, 5.74) is 2.31. The number of hydrogen-bond donors (Lipinski definition) is 1. The van der Waals surface area contributed by atoms with Crippen molar-refractivity contribution in [1.82, 2.24) is 0 Å². The number of aromatic hydroxyl groups is 1. The fourth-order valence-electron chi connectivity index (χ4n) is 1.96. The van der Waals surface area contributed by atoms with Crippen LogP contribution in [0.15, 0.2) is 11.0 Å². The molecule has 1 aromatic rings. The molecule has 0 radical (unpaired) electrons. The highest BCUT2D eigenvalue weighted by Crippen LogP contribution is 2.35. The molecular formula is C14H20O4S. The molecule has 0 saturated heterocycles. The van der Waals surface area contributed by atoms with Gasteiger partial charge in [-0.1, -0.05) is 6.92 Å². The minimum absolute atomic E-state index is 0.0264. The van der Waals surface area contributed by atoms with Gasteiger partial charge in [-0.3, -0.25) is 0 Å². The van der Waals surface area contributed by atoms with Crippen LogP contribution in [0.2, 0.25) is 0 Å². The van der Waals surface area contributed by atoms with Crippen molar-refractivity contribution >= 4 is 17.7 Å². The Labute approximate surface area is 118 Å². The molecule has 0 aliphatic heterocycles. The summed E-state index contributed by atoms with van der Waals surface area (Å²) < 4.78 is 9.93. The number of carbonyl (C=O) groups excluding carboxylic acids is 1. The number of methoxy groups -OCH3 is 1. The van der Waals surface area contributed by atoms with E-state index in [1.807, 2.05) is 20.1 Å². The topological polar surface area (TPSA) is 55.8 Å². The summed E-state index contributed by atoms with van der Waals surface area (Å²) in [6.07, 6.45) is 2.69. The molecule has 0 aliphatic rings. The van der Waals surface area contributed by atoms with Crippen molar-refractivity contribution in [1.29, 1.82) is 0 Å². The van der Waals surface area contributed by atoms with Crippen LogP contribution in [0.25, 0.3) is 0 Å². The first-order valence-corrected chi connectivity index (χ1v) is 7.34. The Morgan fingerprint density at radius 1 is 1.42 bits per heavy atom. The fourth-order valence-corrected chi connectivity index (χ4v) is 2.91. The number of esters is 1. The molecule has 0 spiro atoms. The van der Waals surface area contributed by atoms with E-state index >= 15 is 0 Å². The molecule has 1 N–H and O–H groups in total. The fraction of sp³-hybridized carbons (Fsp3) is 0.500. The van der Waals surface area contributed by atoms with Crippen LogP contribution < -0.4 is 0 Å². The highest BCUT2D eigenvalue weighted by molar-refractivity contribution is 7.98. The summed E-state index contributed by atoms with van der Waals surface area (Å²) in [7, 11) is 1.54. The van der Waals surface area contributed by atoms with Gasteiger partial charge in [0.1, 0.15) is 17.9 Å². The second-order valence-corrected chi connectivity index (χ2v) is 4.90. The molecule has 0 heterocycles. The maximum absolute atomic E-state index is 12.0. The summed E-state index contributed by atoms with van der Waals surface area (Å²) in [5, 5.41) is 10.0. The molecule has 0 unspecified atom stereocenters. The van der Waals surface area contributed by atoms with E-state index in [4.69, 9.17) is 9.47 Å². The van der Waals surface area contributed by atoms with Gasteiger partial charge >= 0.3 is 5.97 Å². The summed E-state index contributed by atoms with van der Waals surface area (Å²) in [5.74, 6) is -0.532. The number of rotatable bonds is 6. The molecule has 0 fully saturated rings. The van der Waals surface area contributed by atoms with Crippen molar-refractivity contribution in [2.24, 2.45) is 0 Å². The molecule has 0 amide bonds. The van der Waals surface area contributed by atoms with Crippen LogP contribution in [-0.2, 0) is 15.9 Å². The zero-order valence-electron chi connectivity index (χ0n) is 11.8. The molecule has 0 bridgehead atoms. The van der Waals surface area contributed by atoms with Gasteiger partial charge in [-0.25, -0.2) is 4.79 Å². The minimum Gasteiger partial charge on any atom is -0.507 e. The van der Waals surface area contributed by atoms with Gasteiger partial charge in [0.15, 0.2) is 0 Å². The lowest BCUT2D eigenvalue weighted by Gasteiger charge is -2.15. The van der Waals surface area contributed by atoms with Crippen LogP contribution in [0, 0.1) is 6.92 Å². The van der Waals surface area contributed by atoms with Gasteiger partial charge in [0.05, 0.1) is 6.61 Å². The van der Waals surface area contributed by atoms with Crippen LogP contribution in [-0.4, -0.2) is 37.7 Å². The monoisotopic (exact) mass is 284 g/mol. The first-order chi connectivity index (χ1) is 9.06. The predicted molar refractivity (Wildman–Crippen MR) is 76.2 cm³/mol. The highest BCUT2D eigenvalue weighted by Gasteiger charge is 2.21. The number of thioether (sulfide) groups is 1. The maximum Gasteiger partial charge on any atom is 0.343 e. The molecule has 5 heteroatoms. The van der Waals surface area contributed by atoms with E-state index in [-0.39, 0.29) is 17.9 Å². The summed E-state index contributed by atoms with van der Waals surface area (Å²) in [6.45, 7) is 4.48. The molecule has 0 atom stereocenters. The van der Waals surface area contributed by atoms with E-state index < -0.39 is 5.97 Å². The number of phenols is 1. The van der Waals surface area contributed by atoms with Gasteiger partial charge in [-0.05, 0) is 36.8 Å². The standard InChI is InChI=1S/C14H20O4S/c1-5-10-9(2)8-11(15)12(13(10)19-4)14(16)18-7-6-17-3/h8,15H,5-7H2,1-4H3. The SMILES string of the molecule is CCc1c(C)cc(O)c(C(=O)OCCOC)c1SC. The van der Waals surface area contributed by atoms with Gasteiger partial charge in [-0.2, -0.15) is 0 Å². The quantitative estimate of drug-likeness (QED) is 0.494. The molecule has 1 rings (SSSR count). The Balaban J connectivity index is 3.14. The Morgan fingerprint density at radius 2 is 2.11 bits per heavy atom. The Hall–Kier alpha value is -1.20. The normalized spacial score (nSPS) is 10.5. The number of phenolic OH excluding ortho intramolecular Hbond substituents is 1. The molecular weight excluding hydrogens is 264 g/mol. The van der Waals surface area contributed by atoms with E-state index in [0.29, 0.717) is 6.61 Å². The van der Waals surface area contributed by atoms with Crippen LogP contribution >= 0.6 is 11.8 Å². The third-order valence-electron chi connectivity index (χ3n) is 2.87. The van der Waals surface area contributed by atoms with Crippen molar-refractivity contribution in [2.45, 2.75) is 25.2 Å². The van der Waals surface area contributed by atoms with Crippen molar-refractivity contribution in [3.63, 3.8) is 0 Å². The van der Waals surface area contributed by atoms with Crippen molar-refractivity contribution < 1.29 is 19.4 Å². The lowest BCUT2D eigenvalue weighted by Crippen LogP contribution is -2.12. The largest absolute Gasteiger partial charge is 0.507 e. The lowest BCUT2D eigenvalue weighted by atomic mass is 10.0. The van der Waals surface area contributed by atoms with E-state index in [9.17, 15) is 9.90 Å². The third-order valence-corrected chi connectivity index (χ3v) is 3.73. The molecule has 0 saturated carbocycles. The smallest absolute Gasteiger partial charge is 0.343 e. The number of benzene rings is 1. The third kappa shape index (κ3) is 3.64. The second kappa shape index (κ2) is 7.40. The number of hydrogen-bond acceptors (Lipinski definition) is 5. The molecule has 4 nitrogen and oxygen atoms in total. The Kier molecular flexibility index (Phi) is 6.18. The van der Waals surface area contributed by atoms with Crippen molar-refractivity contribution in [3.05, 3.63) is 22.8 Å². The van der Waals surface area contributed by atoms with Gasteiger partial charge in [0, 0.05) is 12.0 Å². The Morgan fingerprint density at radius 3 is 2.63 bits per heavy atom. The molecule has 106 valence electrons. The van der Waals surface area contributed by atoms with E-state index in [0.717, 1.165) is 22.4 Å². The van der Waals surface area contributed by atoms with Crippen LogP contribution in [0.1, 0.15) is 28.4 Å². The maximum atomic E-state index is 12.0. The highest BCUT2D eigenvalue weighted by atomic mass is 32.2.